The van der Waals surface area contributed by atoms with Crippen molar-refractivity contribution in [3.63, 3.8) is 0 Å². The normalized spacial score (nSPS) is 7.18. The van der Waals surface area contributed by atoms with E-state index >= 15 is 0 Å². The summed E-state index contributed by atoms with van der Waals surface area (Å²) in [6.07, 6.45) is 2.83. The van der Waals surface area contributed by atoms with Gasteiger partial charge in [-0.3, -0.25) is 0 Å². The first kappa shape index (κ1) is 13.0. The van der Waals surface area contributed by atoms with E-state index in [-0.39, 0.29) is 17.1 Å². The Morgan fingerprint density at radius 1 is 1.36 bits per heavy atom. The van der Waals surface area contributed by atoms with Crippen molar-refractivity contribution >= 4 is 7.32 Å². The number of nitrogen functional groups attached to an aromatic ring is 1. The van der Waals surface area contributed by atoms with Gasteiger partial charge in [0, 0.05) is 0 Å². The molecule has 9 heteroatoms. The van der Waals surface area contributed by atoms with Crippen LogP contribution in [0.4, 0.5) is 0 Å². The molecule has 7 nitrogen and oxygen atoms in total. The van der Waals surface area contributed by atoms with Crippen LogP contribution in [-0.2, 0) is 17.1 Å². The van der Waals surface area contributed by atoms with Gasteiger partial charge in [0.1, 0.15) is 12.7 Å². The summed E-state index contributed by atoms with van der Waals surface area (Å²) in [7, 11) is -2.67. The van der Waals surface area contributed by atoms with E-state index in [1.54, 1.807) is 0 Å². The van der Waals surface area contributed by atoms with E-state index < -0.39 is 7.32 Å². The van der Waals surface area contributed by atoms with Crippen molar-refractivity contribution in [3.8, 4) is 0 Å². The molecule has 0 atom stereocenters. The summed E-state index contributed by atoms with van der Waals surface area (Å²) in [6, 6.07) is 0. The van der Waals surface area contributed by atoms with Crippen molar-refractivity contribution in [1.29, 1.82) is 0 Å². The number of nitrogens with zero attached hydrogens (tertiary/aromatic N) is 3. The summed E-state index contributed by atoms with van der Waals surface area (Å²) in [5.41, 5.74) is 0. The van der Waals surface area contributed by atoms with Gasteiger partial charge in [0.2, 0.25) is 0 Å². The number of rotatable bonds is 0. The summed E-state index contributed by atoms with van der Waals surface area (Å²) >= 11 is 0. The minimum absolute atomic E-state index is 0. The van der Waals surface area contributed by atoms with Gasteiger partial charge in [0.05, 0.1) is 7.32 Å². The fourth-order valence-electron chi connectivity index (χ4n) is 0.209. The maximum absolute atomic E-state index is 8.53. The molecule has 0 aromatic carbocycles. The van der Waals surface area contributed by atoms with Crippen LogP contribution in [0.1, 0.15) is 0 Å². The Morgan fingerprint density at radius 2 is 1.64 bits per heavy atom. The average molecular weight is 200 g/mol. The van der Waals surface area contributed by atoms with E-state index in [2.05, 4.69) is 10.2 Å². The van der Waals surface area contributed by atoms with Crippen molar-refractivity contribution in [1.82, 2.24) is 14.9 Å². The first-order valence-corrected chi connectivity index (χ1v) is 2.22. The van der Waals surface area contributed by atoms with Crippen molar-refractivity contribution < 1.29 is 32.1 Å². The number of hydrogen-bond donors (Lipinski definition) is 2. The van der Waals surface area contributed by atoms with Gasteiger partial charge in [-0.15, -0.1) is 10.2 Å². The number of aromatic nitrogens is 3. The number of hydrogen-bond acceptors (Lipinski definition) is 6. The smallest absolute Gasteiger partial charge is 0.871 e. The van der Waals surface area contributed by atoms with Crippen molar-refractivity contribution in [2.75, 3.05) is 5.84 Å². The molecule has 0 radical (unpaired) electrons. The molecule has 0 aliphatic carbocycles. The predicted octanol–water partition coefficient (Wildman–Crippen LogP) is -4.33. The summed E-state index contributed by atoms with van der Waals surface area (Å²) in [5, 5.41) is 30.8. The van der Waals surface area contributed by atoms with Crippen molar-refractivity contribution in [2.45, 2.75) is 0 Å². The molecule has 1 heterocycles. The van der Waals surface area contributed by atoms with E-state index in [0.29, 0.717) is 0 Å². The van der Waals surface area contributed by atoms with Gasteiger partial charge >= 0.3 is 17.1 Å². The molecule has 0 aliphatic rings. The maximum atomic E-state index is 8.53. The third kappa shape index (κ3) is 12.6. The zero-order valence-electron chi connectivity index (χ0n) is 5.27. The van der Waals surface area contributed by atoms with E-state index in [4.69, 9.17) is 20.9 Å². The summed E-state index contributed by atoms with van der Waals surface area (Å²) in [6.45, 7) is 0. The molecule has 1 aromatic rings. The van der Waals surface area contributed by atoms with Gasteiger partial charge in [-0.25, -0.2) is 4.68 Å². The third-order valence-electron chi connectivity index (χ3n) is 0.437. The molecule has 0 amide bonds. The molecular weight excluding hydrogens is 195 g/mol. The molecule has 0 aliphatic heterocycles. The summed E-state index contributed by atoms with van der Waals surface area (Å²) in [4.78, 5) is 0. The molecule has 0 saturated carbocycles. The van der Waals surface area contributed by atoms with E-state index in [1.165, 1.54) is 17.3 Å². The van der Waals surface area contributed by atoms with Gasteiger partial charge in [-0.2, -0.15) is 0 Å². The van der Waals surface area contributed by atoms with Crippen molar-refractivity contribution in [2.24, 2.45) is 0 Å². The second kappa shape index (κ2) is 7.51. The Balaban J connectivity index is 0. The molecular formula is C2H5BFeN4O3. The zero-order chi connectivity index (χ0) is 7.98. The molecule has 0 saturated heterocycles. The monoisotopic (exact) mass is 200 g/mol. The quantitative estimate of drug-likeness (QED) is 0.322. The first-order chi connectivity index (χ1) is 4.63. The standard InChI is InChI=1S/C2H4N4.BHO3.Fe/c3-6-1-4-5-2-6;2-1(3)4;/h1-2H,3H2;2H;/q;-2;+2. The van der Waals surface area contributed by atoms with E-state index in [1.807, 2.05) is 0 Å². The first-order valence-electron chi connectivity index (χ1n) is 2.22. The molecule has 3 N–H and O–H groups in total. The topological polar surface area (TPSA) is 123 Å². The van der Waals surface area contributed by atoms with Crippen LogP contribution >= 0.6 is 0 Å². The second-order valence-corrected chi connectivity index (χ2v) is 1.22. The Bertz CT molecular complexity index is 156. The van der Waals surface area contributed by atoms with Crippen LogP contribution in [0.3, 0.4) is 0 Å². The van der Waals surface area contributed by atoms with Crippen LogP contribution in [0.2, 0.25) is 0 Å². The molecule has 11 heavy (non-hydrogen) atoms. The van der Waals surface area contributed by atoms with Crippen LogP contribution < -0.4 is 15.9 Å². The van der Waals surface area contributed by atoms with Gasteiger partial charge in [-0.05, 0) is 0 Å². The Hall–Kier alpha value is -0.596. The Labute approximate surface area is 73.5 Å². The third-order valence-corrected chi connectivity index (χ3v) is 0.437. The van der Waals surface area contributed by atoms with Crippen LogP contribution in [0.5, 0.6) is 0 Å². The van der Waals surface area contributed by atoms with Gasteiger partial charge in [0.25, 0.3) is 0 Å². The molecule has 62 valence electrons. The van der Waals surface area contributed by atoms with Crippen LogP contribution in [0, 0.1) is 0 Å². The zero-order valence-corrected chi connectivity index (χ0v) is 6.37. The average Bonchev–Trinajstić information content (AvgIpc) is 2.15. The predicted molar refractivity (Wildman–Crippen MR) is 28.1 cm³/mol. The minimum atomic E-state index is -2.67. The SMILES string of the molecule is Nn1cnnc1.[Fe+2].[O-]B([O-])O. The summed E-state index contributed by atoms with van der Waals surface area (Å²) in [5.74, 6) is 5.07. The fourth-order valence-corrected chi connectivity index (χ4v) is 0.209. The molecule has 0 unspecified atom stereocenters. The maximum Gasteiger partial charge on any atom is 2.00 e. The molecule has 0 bridgehead atoms. The van der Waals surface area contributed by atoms with Gasteiger partial charge in [-0.1, -0.05) is 0 Å². The summed E-state index contributed by atoms with van der Waals surface area (Å²) < 4.78 is 1.28. The van der Waals surface area contributed by atoms with Gasteiger partial charge in [0.15, 0.2) is 0 Å². The van der Waals surface area contributed by atoms with Crippen LogP contribution in [-0.4, -0.2) is 27.2 Å². The van der Waals surface area contributed by atoms with E-state index in [9.17, 15) is 0 Å². The molecule has 0 spiro atoms. The Kier molecular flexibility index (Phi) is 8.90. The van der Waals surface area contributed by atoms with Crippen LogP contribution in [0.25, 0.3) is 0 Å². The minimum Gasteiger partial charge on any atom is -0.871 e. The Morgan fingerprint density at radius 3 is 1.73 bits per heavy atom. The van der Waals surface area contributed by atoms with Gasteiger partial charge < -0.3 is 20.9 Å². The largest absolute Gasteiger partial charge is 2.00 e. The second-order valence-electron chi connectivity index (χ2n) is 1.22. The molecule has 1 rings (SSSR count). The van der Waals surface area contributed by atoms with E-state index in [0.717, 1.165) is 0 Å². The number of nitrogens with two attached hydrogens (primary N) is 1. The fraction of sp³-hybridized carbons (Fsp3) is 0. The molecule has 1 aromatic heterocycles. The van der Waals surface area contributed by atoms with Crippen LogP contribution in [0.15, 0.2) is 12.7 Å². The van der Waals surface area contributed by atoms with Crippen molar-refractivity contribution in [3.05, 3.63) is 12.7 Å². The molecule has 0 fully saturated rings.